The van der Waals surface area contributed by atoms with Crippen LogP contribution in [0.2, 0.25) is 0 Å². The van der Waals surface area contributed by atoms with Crippen molar-refractivity contribution in [2.24, 2.45) is 0 Å². The molecule has 2 aromatic heterocycles. The van der Waals surface area contributed by atoms with Gasteiger partial charge in [0.15, 0.2) is 5.82 Å². The van der Waals surface area contributed by atoms with Crippen LogP contribution in [-0.4, -0.2) is 13.4 Å². The first kappa shape index (κ1) is 13.3. The van der Waals surface area contributed by atoms with E-state index in [0.29, 0.717) is 0 Å². The van der Waals surface area contributed by atoms with Crippen LogP contribution in [0.3, 0.4) is 0 Å². The zero-order chi connectivity index (χ0) is 13.3. The maximum absolute atomic E-state index is 12.1. The van der Waals surface area contributed by atoms with Crippen molar-refractivity contribution < 1.29 is 8.42 Å². The third-order valence-electron chi connectivity index (χ3n) is 2.17. The number of nitrogens with two attached hydrogens (primary N) is 1. The van der Waals surface area contributed by atoms with Gasteiger partial charge in [-0.25, -0.2) is 13.4 Å². The molecular formula is C10H10BrN3O2S2. The summed E-state index contributed by atoms with van der Waals surface area (Å²) in [6.07, 6.45) is 1.48. The van der Waals surface area contributed by atoms with Crippen molar-refractivity contribution >= 4 is 48.8 Å². The summed E-state index contributed by atoms with van der Waals surface area (Å²) in [5, 5.41) is 0. The van der Waals surface area contributed by atoms with Crippen molar-refractivity contribution in [2.45, 2.75) is 11.1 Å². The topological polar surface area (TPSA) is 85.1 Å². The first-order chi connectivity index (χ1) is 8.40. The second kappa shape index (κ2) is 4.87. The maximum atomic E-state index is 12.1. The summed E-state index contributed by atoms with van der Waals surface area (Å²) in [5.74, 6) is 0.139. The predicted octanol–water partition coefficient (Wildman–Crippen LogP) is 2.60. The van der Waals surface area contributed by atoms with Gasteiger partial charge in [0.05, 0.1) is 9.47 Å². The minimum atomic E-state index is -3.64. The van der Waals surface area contributed by atoms with E-state index in [1.165, 1.54) is 6.20 Å². The first-order valence-corrected chi connectivity index (χ1v) is 7.98. The van der Waals surface area contributed by atoms with Gasteiger partial charge in [0.1, 0.15) is 4.21 Å². The average molecular weight is 348 g/mol. The van der Waals surface area contributed by atoms with Gasteiger partial charge in [-0.3, -0.25) is 4.72 Å². The summed E-state index contributed by atoms with van der Waals surface area (Å²) in [6, 6.07) is 4.82. The lowest BCUT2D eigenvalue weighted by Gasteiger charge is -2.06. The number of anilines is 2. The highest BCUT2D eigenvalue weighted by atomic mass is 79.9. The van der Waals surface area contributed by atoms with Crippen LogP contribution < -0.4 is 10.5 Å². The molecule has 96 valence electrons. The van der Waals surface area contributed by atoms with Crippen LogP contribution in [-0.2, 0) is 10.0 Å². The molecule has 8 heteroatoms. The largest absolute Gasteiger partial charge is 0.396 e. The predicted molar refractivity (Wildman–Crippen MR) is 76.2 cm³/mol. The van der Waals surface area contributed by atoms with Gasteiger partial charge in [0, 0.05) is 6.20 Å². The van der Waals surface area contributed by atoms with Crippen molar-refractivity contribution in [3.8, 4) is 0 Å². The van der Waals surface area contributed by atoms with E-state index in [2.05, 4.69) is 25.6 Å². The van der Waals surface area contributed by atoms with Gasteiger partial charge >= 0.3 is 0 Å². The molecule has 0 bridgehead atoms. The van der Waals surface area contributed by atoms with E-state index in [0.717, 1.165) is 20.7 Å². The molecule has 0 amide bonds. The molecule has 3 N–H and O–H groups in total. The molecule has 5 nitrogen and oxygen atoms in total. The Morgan fingerprint density at radius 1 is 1.50 bits per heavy atom. The number of hydrogen-bond donors (Lipinski definition) is 2. The van der Waals surface area contributed by atoms with E-state index in [1.54, 1.807) is 18.2 Å². The van der Waals surface area contributed by atoms with E-state index in [-0.39, 0.29) is 15.7 Å². The molecular weight excluding hydrogens is 338 g/mol. The standard InChI is InChI=1S/C10H10BrN3O2S2/c1-6-5-8(17-9(6)11)18(15,16)14-10-7(12)3-2-4-13-10/h2-5H,12H2,1H3,(H,13,14). The van der Waals surface area contributed by atoms with Crippen LogP contribution in [0.4, 0.5) is 11.5 Å². The molecule has 0 unspecified atom stereocenters. The number of sulfonamides is 1. The number of thiophene rings is 1. The zero-order valence-corrected chi connectivity index (χ0v) is 12.6. The Bertz CT molecular complexity index is 663. The monoisotopic (exact) mass is 347 g/mol. The highest BCUT2D eigenvalue weighted by Crippen LogP contribution is 2.31. The second-order valence-corrected chi connectivity index (χ2v) is 7.85. The summed E-state index contributed by atoms with van der Waals surface area (Å²) in [5.41, 5.74) is 6.80. The molecule has 0 radical (unpaired) electrons. The number of nitrogens with zero attached hydrogens (tertiary/aromatic N) is 1. The SMILES string of the molecule is Cc1cc(S(=O)(=O)Nc2ncccc2N)sc1Br. The lowest BCUT2D eigenvalue weighted by molar-refractivity contribution is 0.603. The van der Waals surface area contributed by atoms with E-state index in [4.69, 9.17) is 5.73 Å². The van der Waals surface area contributed by atoms with Gasteiger partial charge in [-0.05, 0) is 46.6 Å². The van der Waals surface area contributed by atoms with Crippen molar-refractivity contribution in [3.63, 3.8) is 0 Å². The van der Waals surface area contributed by atoms with Gasteiger partial charge in [-0.1, -0.05) is 0 Å². The molecule has 0 saturated carbocycles. The average Bonchev–Trinajstić information content (AvgIpc) is 2.63. The van der Waals surface area contributed by atoms with Gasteiger partial charge in [-0.15, -0.1) is 11.3 Å². The number of aromatic nitrogens is 1. The van der Waals surface area contributed by atoms with Gasteiger partial charge in [-0.2, -0.15) is 0 Å². The van der Waals surface area contributed by atoms with Crippen molar-refractivity contribution in [3.05, 3.63) is 33.7 Å². The molecule has 0 fully saturated rings. The third kappa shape index (κ3) is 2.65. The Kier molecular flexibility index (Phi) is 3.60. The molecule has 0 aliphatic carbocycles. The van der Waals surface area contributed by atoms with Gasteiger partial charge < -0.3 is 5.73 Å². The van der Waals surface area contributed by atoms with Crippen molar-refractivity contribution in [1.82, 2.24) is 4.98 Å². The third-order valence-corrected chi connectivity index (χ3v) is 6.12. The molecule has 0 aromatic carbocycles. The number of nitrogens with one attached hydrogen (secondary N) is 1. The number of hydrogen-bond acceptors (Lipinski definition) is 5. The Morgan fingerprint density at radius 2 is 2.22 bits per heavy atom. The van der Waals surface area contributed by atoms with Crippen LogP contribution in [0.5, 0.6) is 0 Å². The van der Waals surface area contributed by atoms with Crippen LogP contribution in [0.25, 0.3) is 0 Å². The fraction of sp³-hybridized carbons (Fsp3) is 0.100. The molecule has 0 aliphatic rings. The van der Waals surface area contributed by atoms with Crippen LogP contribution in [0, 0.1) is 6.92 Å². The maximum Gasteiger partial charge on any atom is 0.272 e. The molecule has 2 aromatic rings. The zero-order valence-electron chi connectivity index (χ0n) is 9.34. The van der Waals surface area contributed by atoms with Gasteiger partial charge in [0.25, 0.3) is 10.0 Å². The highest BCUT2D eigenvalue weighted by Gasteiger charge is 2.19. The molecule has 0 atom stereocenters. The summed E-state index contributed by atoms with van der Waals surface area (Å²) in [4.78, 5) is 3.90. The number of nitrogen functional groups attached to an aromatic ring is 1. The number of aryl methyl sites for hydroxylation is 1. The summed E-state index contributed by atoms with van der Waals surface area (Å²) >= 11 is 4.44. The Hall–Kier alpha value is -1.12. The summed E-state index contributed by atoms with van der Waals surface area (Å²) < 4.78 is 27.6. The van der Waals surface area contributed by atoms with Crippen LogP contribution in [0.1, 0.15) is 5.56 Å². The van der Waals surface area contributed by atoms with Crippen molar-refractivity contribution in [2.75, 3.05) is 10.5 Å². The van der Waals surface area contributed by atoms with E-state index < -0.39 is 10.0 Å². The first-order valence-electron chi connectivity index (χ1n) is 4.89. The molecule has 18 heavy (non-hydrogen) atoms. The van der Waals surface area contributed by atoms with E-state index in [9.17, 15) is 8.42 Å². The summed E-state index contributed by atoms with van der Waals surface area (Å²) in [7, 11) is -3.64. The Morgan fingerprint density at radius 3 is 2.78 bits per heavy atom. The Labute approximate surface area is 117 Å². The smallest absolute Gasteiger partial charge is 0.272 e. The number of halogens is 1. The van der Waals surface area contributed by atoms with Gasteiger partial charge in [0.2, 0.25) is 0 Å². The van der Waals surface area contributed by atoms with Crippen molar-refractivity contribution in [1.29, 1.82) is 0 Å². The fourth-order valence-corrected chi connectivity index (χ4v) is 4.51. The molecule has 0 saturated heterocycles. The number of pyridine rings is 1. The van der Waals surface area contributed by atoms with Crippen LogP contribution >= 0.6 is 27.3 Å². The Balaban J connectivity index is 2.36. The fourth-order valence-electron chi connectivity index (χ4n) is 1.24. The normalized spacial score (nSPS) is 11.4. The minimum Gasteiger partial charge on any atom is -0.396 e. The highest BCUT2D eigenvalue weighted by molar-refractivity contribution is 9.11. The molecule has 2 heterocycles. The lowest BCUT2D eigenvalue weighted by Crippen LogP contribution is -2.13. The minimum absolute atomic E-state index is 0.139. The quantitative estimate of drug-likeness (QED) is 0.893. The lowest BCUT2D eigenvalue weighted by atomic mass is 10.4. The second-order valence-electron chi connectivity index (χ2n) is 3.57. The van der Waals surface area contributed by atoms with Crippen LogP contribution in [0.15, 0.2) is 32.4 Å². The molecule has 2 rings (SSSR count). The summed E-state index contributed by atoms with van der Waals surface area (Å²) in [6.45, 7) is 1.83. The number of rotatable bonds is 3. The van der Waals surface area contributed by atoms with E-state index >= 15 is 0 Å². The molecule has 0 aliphatic heterocycles. The van der Waals surface area contributed by atoms with E-state index in [1.807, 2.05) is 6.92 Å². The molecule has 0 spiro atoms.